The van der Waals surface area contributed by atoms with E-state index < -0.39 is 0 Å². The fraction of sp³-hybridized carbons (Fsp3) is 1.00. The lowest BCUT2D eigenvalue weighted by atomic mass is 9.89. The molecule has 1 aliphatic carbocycles. The number of methoxy groups -OCH3 is 1. The third-order valence-corrected chi connectivity index (χ3v) is 4.43. The summed E-state index contributed by atoms with van der Waals surface area (Å²) in [6.07, 6.45) is 8.03. The van der Waals surface area contributed by atoms with Gasteiger partial charge >= 0.3 is 0 Å². The van der Waals surface area contributed by atoms with Crippen molar-refractivity contribution < 1.29 is 4.74 Å². The van der Waals surface area contributed by atoms with E-state index in [0.717, 1.165) is 19.0 Å². The lowest BCUT2D eigenvalue weighted by Crippen LogP contribution is -2.53. The van der Waals surface area contributed by atoms with Gasteiger partial charge in [0.1, 0.15) is 0 Å². The minimum Gasteiger partial charge on any atom is -0.380 e. The second-order valence-electron chi connectivity index (χ2n) is 5.62. The highest BCUT2D eigenvalue weighted by Gasteiger charge is 2.31. The highest BCUT2D eigenvalue weighted by molar-refractivity contribution is 4.92. The van der Waals surface area contributed by atoms with Gasteiger partial charge in [0, 0.05) is 25.7 Å². The molecule has 1 saturated carbocycles. The van der Waals surface area contributed by atoms with Crippen molar-refractivity contribution in [1.29, 1.82) is 0 Å². The molecule has 3 nitrogen and oxygen atoms in total. The van der Waals surface area contributed by atoms with Crippen LogP contribution >= 0.6 is 0 Å². The minimum absolute atomic E-state index is 0.163. The quantitative estimate of drug-likeness (QED) is 0.703. The molecule has 0 saturated heterocycles. The minimum atomic E-state index is 0.163. The van der Waals surface area contributed by atoms with Crippen LogP contribution in [0.25, 0.3) is 0 Å². The van der Waals surface area contributed by atoms with Gasteiger partial charge in [-0.25, -0.2) is 0 Å². The van der Waals surface area contributed by atoms with Crippen molar-refractivity contribution in [1.82, 2.24) is 5.32 Å². The van der Waals surface area contributed by atoms with Crippen molar-refractivity contribution in [2.75, 3.05) is 20.2 Å². The SMILES string of the molecule is CCC1CCCC(CN)(NCC(C)OC)CC1. The topological polar surface area (TPSA) is 47.3 Å². The molecule has 0 aromatic rings. The van der Waals surface area contributed by atoms with E-state index >= 15 is 0 Å². The van der Waals surface area contributed by atoms with Gasteiger partial charge in [0.25, 0.3) is 0 Å². The summed E-state index contributed by atoms with van der Waals surface area (Å²) in [7, 11) is 1.77. The monoisotopic (exact) mass is 242 g/mol. The molecule has 1 fully saturated rings. The Labute approximate surface area is 106 Å². The number of nitrogens with one attached hydrogen (secondary N) is 1. The van der Waals surface area contributed by atoms with Gasteiger partial charge < -0.3 is 15.8 Å². The number of rotatable bonds is 6. The molecule has 1 rings (SSSR count). The molecule has 0 amide bonds. The van der Waals surface area contributed by atoms with Crippen molar-refractivity contribution in [3.8, 4) is 0 Å². The molecule has 17 heavy (non-hydrogen) atoms. The fourth-order valence-corrected chi connectivity index (χ4v) is 2.78. The molecule has 0 spiro atoms. The van der Waals surface area contributed by atoms with Crippen molar-refractivity contribution in [2.45, 2.75) is 64.0 Å². The molecule has 0 radical (unpaired) electrons. The van der Waals surface area contributed by atoms with E-state index in [1.165, 1.54) is 38.5 Å². The Bertz CT molecular complexity index is 210. The molecule has 0 aliphatic heterocycles. The van der Waals surface area contributed by atoms with Crippen LogP contribution in [-0.2, 0) is 4.74 Å². The molecule has 102 valence electrons. The Kier molecular flexibility index (Phi) is 6.45. The number of hydrogen-bond donors (Lipinski definition) is 2. The summed E-state index contributed by atoms with van der Waals surface area (Å²) in [6.45, 7) is 6.06. The Hall–Kier alpha value is -0.120. The third-order valence-electron chi connectivity index (χ3n) is 4.43. The van der Waals surface area contributed by atoms with Crippen LogP contribution < -0.4 is 11.1 Å². The molecular weight excluding hydrogens is 212 g/mol. The Balaban J connectivity index is 2.49. The second kappa shape index (κ2) is 7.34. The van der Waals surface area contributed by atoms with E-state index in [9.17, 15) is 0 Å². The largest absolute Gasteiger partial charge is 0.380 e. The lowest BCUT2D eigenvalue weighted by Gasteiger charge is -2.34. The molecule has 3 unspecified atom stereocenters. The third kappa shape index (κ3) is 4.57. The smallest absolute Gasteiger partial charge is 0.0667 e. The highest BCUT2D eigenvalue weighted by atomic mass is 16.5. The van der Waals surface area contributed by atoms with Gasteiger partial charge in [0.05, 0.1) is 6.10 Å². The van der Waals surface area contributed by atoms with Gasteiger partial charge in [-0.1, -0.05) is 26.2 Å². The number of ether oxygens (including phenoxy) is 1. The predicted molar refractivity (Wildman–Crippen MR) is 73.1 cm³/mol. The normalized spacial score (nSPS) is 32.1. The molecule has 0 aromatic heterocycles. The van der Waals surface area contributed by atoms with Crippen molar-refractivity contribution in [3.05, 3.63) is 0 Å². The molecule has 0 bridgehead atoms. The average Bonchev–Trinajstić information content (AvgIpc) is 2.58. The Morgan fingerprint density at radius 3 is 2.76 bits per heavy atom. The van der Waals surface area contributed by atoms with Crippen LogP contribution in [0, 0.1) is 5.92 Å². The molecule has 0 aromatic carbocycles. The number of nitrogens with two attached hydrogens (primary N) is 1. The predicted octanol–water partition coefficient (Wildman–Crippen LogP) is 2.30. The van der Waals surface area contributed by atoms with Crippen LogP contribution in [-0.4, -0.2) is 31.8 Å². The lowest BCUT2D eigenvalue weighted by molar-refractivity contribution is 0.104. The van der Waals surface area contributed by atoms with E-state index in [4.69, 9.17) is 10.5 Å². The zero-order valence-electron chi connectivity index (χ0n) is 11.8. The molecular formula is C14H30N2O. The van der Waals surface area contributed by atoms with E-state index in [0.29, 0.717) is 0 Å². The Morgan fingerprint density at radius 2 is 2.18 bits per heavy atom. The van der Waals surface area contributed by atoms with Crippen molar-refractivity contribution in [3.63, 3.8) is 0 Å². The van der Waals surface area contributed by atoms with Crippen LogP contribution in [0.1, 0.15) is 52.4 Å². The maximum atomic E-state index is 6.02. The highest BCUT2D eigenvalue weighted by Crippen LogP contribution is 2.31. The first-order valence-electron chi connectivity index (χ1n) is 7.13. The van der Waals surface area contributed by atoms with Crippen LogP contribution in [0.5, 0.6) is 0 Å². The molecule has 3 atom stereocenters. The average molecular weight is 242 g/mol. The maximum Gasteiger partial charge on any atom is 0.0667 e. The Morgan fingerprint density at radius 1 is 1.41 bits per heavy atom. The summed E-state index contributed by atoms with van der Waals surface area (Å²) >= 11 is 0. The standard InChI is InChI=1S/C14H30N2O/c1-4-13-6-5-8-14(11-15,9-7-13)16-10-12(2)17-3/h12-13,16H,4-11,15H2,1-3H3. The zero-order chi connectivity index (χ0) is 12.7. The second-order valence-corrected chi connectivity index (χ2v) is 5.62. The first-order valence-corrected chi connectivity index (χ1v) is 7.13. The van der Waals surface area contributed by atoms with Gasteiger partial charge in [0.2, 0.25) is 0 Å². The van der Waals surface area contributed by atoms with E-state index in [-0.39, 0.29) is 11.6 Å². The van der Waals surface area contributed by atoms with Gasteiger partial charge in [-0.3, -0.25) is 0 Å². The van der Waals surface area contributed by atoms with E-state index in [1.54, 1.807) is 7.11 Å². The van der Waals surface area contributed by atoms with Gasteiger partial charge in [0.15, 0.2) is 0 Å². The van der Waals surface area contributed by atoms with Crippen molar-refractivity contribution in [2.24, 2.45) is 11.7 Å². The van der Waals surface area contributed by atoms with Gasteiger partial charge in [-0.15, -0.1) is 0 Å². The molecule has 3 heteroatoms. The van der Waals surface area contributed by atoms with Crippen LogP contribution in [0.3, 0.4) is 0 Å². The van der Waals surface area contributed by atoms with E-state index in [1.807, 2.05) is 0 Å². The summed E-state index contributed by atoms with van der Waals surface area (Å²) in [5, 5.41) is 3.67. The maximum absolute atomic E-state index is 6.02. The van der Waals surface area contributed by atoms with Gasteiger partial charge in [-0.05, 0) is 32.1 Å². The van der Waals surface area contributed by atoms with Gasteiger partial charge in [-0.2, -0.15) is 0 Å². The summed E-state index contributed by atoms with van der Waals surface area (Å²) in [5.74, 6) is 0.907. The summed E-state index contributed by atoms with van der Waals surface area (Å²) in [6, 6.07) is 0. The molecule has 0 heterocycles. The van der Waals surface area contributed by atoms with Crippen LogP contribution in [0.15, 0.2) is 0 Å². The van der Waals surface area contributed by atoms with E-state index in [2.05, 4.69) is 19.2 Å². The molecule has 1 aliphatic rings. The van der Waals surface area contributed by atoms with Crippen LogP contribution in [0.2, 0.25) is 0 Å². The zero-order valence-corrected chi connectivity index (χ0v) is 11.8. The summed E-state index contributed by atoms with van der Waals surface area (Å²) < 4.78 is 5.30. The first-order chi connectivity index (χ1) is 8.15. The summed E-state index contributed by atoms with van der Waals surface area (Å²) in [4.78, 5) is 0. The number of hydrogen-bond acceptors (Lipinski definition) is 3. The molecule has 3 N–H and O–H groups in total. The fourth-order valence-electron chi connectivity index (χ4n) is 2.78. The van der Waals surface area contributed by atoms with Crippen LogP contribution in [0.4, 0.5) is 0 Å². The first kappa shape index (κ1) is 14.9. The van der Waals surface area contributed by atoms with Crippen molar-refractivity contribution >= 4 is 0 Å². The summed E-state index contributed by atoms with van der Waals surface area (Å²) in [5.41, 5.74) is 6.18.